The van der Waals surface area contributed by atoms with E-state index in [1.54, 1.807) is 0 Å². The average Bonchev–Trinajstić information content (AvgIpc) is 3.57. The fourth-order valence-corrected chi connectivity index (χ4v) is 5.41. The lowest BCUT2D eigenvalue weighted by molar-refractivity contribution is -0.169. The predicted octanol–water partition coefficient (Wildman–Crippen LogP) is 4.71. The maximum Gasteiger partial charge on any atom is 0.407 e. The van der Waals surface area contributed by atoms with Crippen LogP contribution in [0, 0.1) is 5.92 Å². The SMILES string of the molecule is CCCC(C(CCCc1ccccc1)C(=O)NC(CCCCNC(=O)OCc1ccccc1)C(=O)Nc1nncs1)N(O)C=O. The van der Waals surface area contributed by atoms with Crippen LogP contribution in [0.1, 0.15) is 63.0 Å². The summed E-state index contributed by atoms with van der Waals surface area (Å²) in [6.07, 6.45) is 3.90. The quantitative estimate of drug-likeness (QED) is 0.0598. The number of carbonyl (C=O) groups is 4. The third-order valence-corrected chi connectivity index (χ3v) is 7.89. The van der Waals surface area contributed by atoms with E-state index in [0.717, 1.165) is 28.9 Å². The third-order valence-electron chi connectivity index (χ3n) is 7.28. The molecule has 0 aliphatic heterocycles. The molecule has 0 saturated carbocycles. The molecule has 0 aliphatic carbocycles. The summed E-state index contributed by atoms with van der Waals surface area (Å²) in [5.41, 5.74) is 3.48. The number of nitrogens with one attached hydrogen (secondary N) is 3. The number of aromatic nitrogens is 2. The minimum atomic E-state index is -0.922. The minimum absolute atomic E-state index is 0.160. The number of rotatable bonds is 20. The van der Waals surface area contributed by atoms with Crippen molar-refractivity contribution in [2.45, 2.75) is 77.0 Å². The molecule has 4 amide bonds. The first-order chi connectivity index (χ1) is 21.9. The van der Waals surface area contributed by atoms with E-state index in [4.69, 9.17) is 4.74 Å². The molecular weight excluding hydrogens is 596 g/mol. The van der Waals surface area contributed by atoms with E-state index in [1.165, 1.54) is 5.51 Å². The number of benzene rings is 2. The highest BCUT2D eigenvalue weighted by Gasteiger charge is 2.34. The zero-order chi connectivity index (χ0) is 32.3. The Hall–Kier alpha value is -4.36. The van der Waals surface area contributed by atoms with Gasteiger partial charge in [-0.05, 0) is 56.1 Å². The summed E-state index contributed by atoms with van der Waals surface area (Å²) >= 11 is 1.15. The van der Waals surface area contributed by atoms with Crippen molar-refractivity contribution in [2.24, 2.45) is 5.92 Å². The molecule has 4 N–H and O–H groups in total. The summed E-state index contributed by atoms with van der Waals surface area (Å²) in [6, 6.07) is 17.5. The Morgan fingerprint density at radius 1 is 0.956 bits per heavy atom. The fourth-order valence-electron chi connectivity index (χ4n) is 4.97. The Bertz CT molecular complexity index is 1300. The van der Waals surface area contributed by atoms with Crippen molar-refractivity contribution in [3.8, 4) is 0 Å². The van der Waals surface area contributed by atoms with Crippen LogP contribution in [-0.2, 0) is 32.1 Å². The number of hydroxylamine groups is 2. The molecule has 0 aliphatic rings. The van der Waals surface area contributed by atoms with E-state index < -0.39 is 35.9 Å². The Morgan fingerprint density at radius 3 is 2.31 bits per heavy atom. The van der Waals surface area contributed by atoms with Crippen molar-refractivity contribution in [2.75, 3.05) is 11.9 Å². The van der Waals surface area contributed by atoms with Crippen molar-refractivity contribution < 1.29 is 29.1 Å². The number of unbranched alkanes of at least 4 members (excludes halogenated alkanes) is 1. The Kier molecular flexibility index (Phi) is 15.5. The molecule has 0 bridgehead atoms. The number of carbonyl (C=O) groups excluding carboxylic acids is 4. The Morgan fingerprint density at radius 2 is 1.67 bits per heavy atom. The van der Waals surface area contributed by atoms with E-state index in [2.05, 4.69) is 26.1 Å². The van der Waals surface area contributed by atoms with E-state index in [9.17, 15) is 24.4 Å². The predicted molar refractivity (Wildman–Crippen MR) is 170 cm³/mol. The smallest absolute Gasteiger partial charge is 0.407 e. The second-order valence-corrected chi connectivity index (χ2v) is 11.4. The molecule has 45 heavy (non-hydrogen) atoms. The van der Waals surface area contributed by atoms with Crippen LogP contribution in [0.3, 0.4) is 0 Å². The van der Waals surface area contributed by atoms with Crippen LogP contribution in [0.25, 0.3) is 0 Å². The van der Waals surface area contributed by atoms with Gasteiger partial charge in [0, 0.05) is 6.54 Å². The van der Waals surface area contributed by atoms with Gasteiger partial charge in [0.25, 0.3) is 0 Å². The molecule has 1 heterocycles. The second-order valence-electron chi connectivity index (χ2n) is 10.6. The number of ether oxygens (including phenoxy) is 1. The minimum Gasteiger partial charge on any atom is -0.445 e. The lowest BCUT2D eigenvalue weighted by Gasteiger charge is -2.31. The summed E-state index contributed by atoms with van der Waals surface area (Å²) in [4.78, 5) is 50.6. The number of amides is 4. The van der Waals surface area contributed by atoms with Crippen LogP contribution in [-0.4, -0.2) is 63.4 Å². The number of hydrogen-bond donors (Lipinski definition) is 4. The maximum atomic E-state index is 13.8. The standard InChI is InChI=1S/C32H42N6O6S/c1-2-12-28(38(43)23-39)26(18-11-17-24-13-5-3-6-14-24)29(40)35-27(30(41)36-31-37-34-22-45-31)19-9-10-20-33-32(42)44-21-25-15-7-4-8-16-25/h3-8,13-16,22-23,26-28,43H,2,9-12,17-21H2,1H3,(H,33,42)(H,35,40)(H,36,37,41). The fraction of sp³-hybridized carbons (Fsp3) is 0.438. The summed E-state index contributed by atoms with van der Waals surface area (Å²) < 4.78 is 5.23. The van der Waals surface area contributed by atoms with Gasteiger partial charge in [0.05, 0.1) is 12.0 Å². The zero-order valence-corrected chi connectivity index (χ0v) is 26.3. The van der Waals surface area contributed by atoms with Gasteiger partial charge in [-0.25, -0.2) is 9.86 Å². The van der Waals surface area contributed by atoms with Gasteiger partial charge in [0.2, 0.25) is 23.4 Å². The first-order valence-electron chi connectivity index (χ1n) is 15.2. The highest BCUT2D eigenvalue weighted by molar-refractivity contribution is 7.13. The van der Waals surface area contributed by atoms with Gasteiger partial charge in [0.1, 0.15) is 18.2 Å². The molecule has 1 aromatic heterocycles. The van der Waals surface area contributed by atoms with Gasteiger partial charge in [-0.3, -0.25) is 24.9 Å². The molecule has 3 aromatic rings. The first kappa shape index (κ1) is 35.1. The number of anilines is 1. The molecule has 0 radical (unpaired) electrons. The van der Waals surface area contributed by atoms with Gasteiger partial charge in [0.15, 0.2) is 0 Å². The van der Waals surface area contributed by atoms with Gasteiger partial charge in [-0.15, -0.1) is 10.2 Å². The van der Waals surface area contributed by atoms with Crippen molar-refractivity contribution in [1.29, 1.82) is 0 Å². The molecule has 0 saturated heterocycles. The lowest BCUT2D eigenvalue weighted by atomic mass is 9.88. The summed E-state index contributed by atoms with van der Waals surface area (Å²) in [6.45, 7) is 2.40. The number of alkyl carbamates (subject to hydrolysis) is 1. The molecule has 0 spiro atoms. The molecule has 2 aromatic carbocycles. The molecule has 12 nitrogen and oxygen atoms in total. The van der Waals surface area contributed by atoms with Gasteiger partial charge in [-0.2, -0.15) is 0 Å². The van der Waals surface area contributed by atoms with E-state index in [-0.39, 0.29) is 13.0 Å². The average molecular weight is 639 g/mol. The molecule has 242 valence electrons. The van der Waals surface area contributed by atoms with E-state index in [0.29, 0.717) is 61.7 Å². The molecule has 3 rings (SSSR count). The van der Waals surface area contributed by atoms with Crippen LogP contribution >= 0.6 is 11.3 Å². The van der Waals surface area contributed by atoms with E-state index >= 15 is 0 Å². The molecule has 3 atom stereocenters. The third kappa shape index (κ3) is 12.6. The summed E-state index contributed by atoms with van der Waals surface area (Å²) in [5, 5.41) is 27.1. The summed E-state index contributed by atoms with van der Waals surface area (Å²) in [7, 11) is 0. The topological polar surface area (TPSA) is 163 Å². The van der Waals surface area contributed by atoms with Crippen molar-refractivity contribution in [3.05, 3.63) is 77.3 Å². The number of nitrogens with zero attached hydrogens (tertiary/aromatic N) is 3. The maximum absolute atomic E-state index is 13.8. The number of aryl methyl sites for hydroxylation is 1. The van der Waals surface area contributed by atoms with Crippen molar-refractivity contribution in [3.63, 3.8) is 0 Å². The molecule has 13 heteroatoms. The molecule has 0 fully saturated rings. The second kappa shape index (κ2) is 19.8. The highest BCUT2D eigenvalue weighted by atomic mass is 32.1. The Labute approximate surface area is 267 Å². The first-order valence-corrected chi connectivity index (χ1v) is 16.1. The van der Waals surface area contributed by atoms with Crippen LogP contribution < -0.4 is 16.0 Å². The number of hydrogen-bond acceptors (Lipinski definition) is 9. The normalized spacial score (nSPS) is 12.8. The zero-order valence-electron chi connectivity index (χ0n) is 25.5. The Balaban J connectivity index is 1.61. The van der Waals surface area contributed by atoms with Crippen molar-refractivity contribution in [1.82, 2.24) is 25.9 Å². The molecule has 3 unspecified atom stereocenters. The molecular formula is C32H42N6O6S. The van der Waals surface area contributed by atoms with Crippen LogP contribution in [0.15, 0.2) is 66.2 Å². The van der Waals surface area contributed by atoms with Gasteiger partial charge in [-0.1, -0.05) is 85.3 Å². The van der Waals surface area contributed by atoms with Crippen LogP contribution in [0.4, 0.5) is 9.93 Å². The van der Waals surface area contributed by atoms with E-state index in [1.807, 2.05) is 67.6 Å². The van der Waals surface area contributed by atoms with Gasteiger partial charge >= 0.3 is 6.09 Å². The largest absolute Gasteiger partial charge is 0.445 e. The van der Waals surface area contributed by atoms with Crippen LogP contribution in [0.2, 0.25) is 0 Å². The lowest BCUT2D eigenvalue weighted by Crippen LogP contribution is -2.51. The monoisotopic (exact) mass is 638 g/mol. The van der Waals surface area contributed by atoms with Crippen LogP contribution in [0.5, 0.6) is 0 Å². The van der Waals surface area contributed by atoms with Crippen molar-refractivity contribution >= 4 is 40.8 Å². The van der Waals surface area contributed by atoms with Gasteiger partial charge < -0.3 is 15.4 Å². The summed E-state index contributed by atoms with van der Waals surface area (Å²) in [5.74, 6) is -1.63. The highest BCUT2D eigenvalue weighted by Crippen LogP contribution is 2.23.